The van der Waals surface area contributed by atoms with Crippen LogP contribution in [0.1, 0.15) is 5.56 Å². The lowest BCUT2D eigenvalue weighted by molar-refractivity contribution is -0.116. The SMILES string of the molecule is CN(c1ccccc1)c1ccc(/C=N\N=C2/NC(=O)CS2)cc1. The monoisotopic (exact) mass is 324 g/mol. The summed E-state index contributed by atoms with van der Waals surface area (Å²) >= 11 is 1.36. The number of nitrogens with one attached hydrogen (secondary N) is 1. The van der Waals surface area contributed by atoms with Gasteiger partial charge in [-0.05, 0) is 29.8 Å². The Morgan fingerprint density at radius 3 is 2.43 bits per heavy atom. The van der Waals surface area contributed by atoms with Crippen molar-refractivity contribution >= 4 is 40.4 Å². The van der Waals surface area contributed by atoms with E-state index < -0.39 is 0 Å². The van der Waals surface area contributed by atoms with Gasteiger partial charge in [0.2, 0.25) is 5.91 Å². The van der Waals surface area contributed by atoms with Gasteiger partial charge in [0.1, 0.15) is 0 Å². The largest absolute Gasteiger partial charge is 0.345 e. The van der Waals surface area contributed by atoms with Gasteiger partial charge in [-0.25, -0.2) is 0 Å². The fraction of sp³-hybridized carbons (Fsp3) is 0.118. The summed E-state index contributed by atoms with van der Waals surface area (Å²) in [6, 6.07) is 18.2. The molecule has 3 rings (SSSR count). The van der Waals surface area contributed by atoms with Gasteiger partial charge in [0, 0.05) is 18.4 Å². The molecule has 0 radical (unpaired) electrons. The lowest BCUT2D eigenvalue weighted by atomic mass is 10.2. The second-order valence-electron chi connectivity index (χ2n) is 4.97. The topological polar surface area (TPSA) is 57.1 Å². The molecule has 1 amide bonds. The van der Waals surface area contributed by atoms with Gasteiger partial charge in [-0.2, -0.15) is 5.10 Å². The maximum atomic E-state index is 11.0. The molecule has 0 aliphatic carbocycles. The number of carbonyl (C=O) groups excluding carboxylic acids is 1. The molecule has 116 valence electrons. The summed E-state index contributed by atoms with van der Waals surface area (Å²) in [5.41, 5.74) is 3.18. The molecule has 0 saturated carbocycles. The van der Waals surface area contributed by atoms with Gasteiger partial charge in [-0.1, -0.05) is 42.1 Å². The minimum absolute atomic E-state index is 0.0303. The summed E-state index contributed by atoms with van der Waals surface area (Å²) in [5, 5.41) is 11.2. The predicted octanol–water partition coefficient (Wildman–Crippen LogP) is 3.01. The molecule has 2 aromatic carbocycles. The number of hydrogen-bond donors (Lipinski definition) is 1. The van der Waals surface area contributed by atoms with E-state index in [4.69, 9.17) is 0 Å². The summed E-state index contributed by atoms with van der Waals surface area (Å²) in [6.07, 6.45) is 1.67. The van der Waals surface area contributed by atoms with Crippen molar-refractivity contribution in [3.63, 3.8) is 0 Å². The van der Waals surface area contributed by atoms with Crippen LogP contribution in [0.2, 0.25) is 0 Å². The smallest absolute Gasteiger partial charge is 0.236 e. The van der Waals surface area contributed by atoms with Crippen LogP contribution in [0.5, 0.6) is 0 Å². The van der Waals surface area contributed by atoms with Gasteiger partial charge in [0.25, 0.3) is 0 Å². The molecule has 2 aromatic rings. The van der Waals surface area contributed by atoms with Crippen molar-refractivity contribution in [2.24, 2.45) is 10.2 Å². The third kappa shape index (κ3) is 3.98. The third-order valence-electron chi connectivity index (χ3n) is 3.37. The Morgan fingerprint density at radius 2 is 1.78 bits per heavy atom. The summed E-state index contributed by atoms with van der Waals surface area (Å²) in [6.45, 7) is 0. The number of rotatable bonds is 4. The summed E-state index contributed by atoms with van der Waals surface area (Å²) in [7, 11) is 2.03. The highest BCUT2D eigenvalue weighted by molar-refractivity contribution is 8.15. The van der Waals surface area contributed by atoms with Crippen LogP contribution in [-0.2, 0) is 4.79 Å². The molecule has 0 unspecified atom stereocenters. The van der Waals surface area contributed by atoms with Crippen LogP contribution in [0, 0.1) is 0 Å². The standard InChI is InChI=1S/C17H16N4OS/c1-21(14-5-3-2-4-6-14)15-9-7-13(8-10-15)11-18-20-17-19-16(22)12-23-17/h2-11H,12H2,1H3,(H,19,20,22)/b18-11-. The second-order valence-corrected chi connectivity index (χ2v) is 5.94. The fourth-order valence-corrected chi connectivity index (χ4v) is 2.74. The fourth-order valence-electron chi connectivity index (χ4n) is 2.11. The van der Waals surface area contributed by atoms with Crippen LogP contribution in [0.15, 0.2) is 64.8 Å². The van der Waals surface area contributed by atoms with Crippen molar-refractivity contribution in [3.8, 4) is 0 Å². The molecule has 0 bridgehead atoms. The van der Waals surface area contributed by atoms with Crippen molar-refractivity contribution < 1.29 is 4.79 Å². The Hall–Kier alpha value is -2.60. The molecule has 23 heavy (non-hydrogen) atoms. The number of carbonyl (C=O) groups is 1. The number of para-hydroxylation sites is 1. The van der Waals surface area contributed by atoms with Gasteiger partial charge in [-0.3, -0.25) is 4.79 Å². The molecule has 1 N–H and O–H groups in total. The molecule has 5 nitrogen and oxygen atoms in total. The van der Waals surface area contributed by atoms with Gasteiger partial charge in [0.05, 0.1) is 12.0 Å². The molecule has 1 aliphatic heterocycles. The number of thioether (sulfide) groups is 1. The third-order valence-corrected chi connectivity index (χ3v) is 4.23. The van der Waals surface area contributed by atoms with Gasteiger partial charge >= 0.3 is 0 Å². The van der Waals surface area contributed by atoms with Crippen molar-refractivity contribution in [2.45, 2.75) is 0 Å². The first-order valence-electron chi connectivity index (χ1n) is 7.15. The van der Waals surface area contributed by atoms with Crippen LogP contribution < -0.4 is 10.2 Å². The van der Waals surface area contributed by atoms with E-state index in [2.05, 4.69) is 32.6 Å². The van der Waals surface area contributed by atoms with E-state index in [9.17, 15) is 4.79 Å². The van der Waals surface area contributed by atoms with E-state index >= 15 is 0 Å². The van der Waals surface area contributed by atoms with E-state index in [-0.39, 0.29) is 5.91 Å². The highest BCUT2D eigenvalue weighted by Gasteiger charge is 2.15. The van der Waals surface area contributed by atoms with E-state index in [1.807, 2.05) is 49.5 Å². The normalized spacial score (nSPS) is 16.0. The number of anilines is 2. The van der Waals surface area contributed by atoms with Crippen LogP contribution in [0.3, 0.4) is 0 Å². The predicted molar refractivity (Wildman–Crippen MR) is 96.6 cm³/mol. The van der Waals surface area contributed by atoms with Crippen molar-refractivity contribution in [3.05, 3.63) is 60.2 Å². The van der Waals surface area contributed by atoms with E-state index in [1.54, 1.807) is 6.21 Å². The number of amides is 1. The van der Waals surface area contributed by atoms with E-state index in [0.717, 1.165) is 16.9 Å². The lowest BCUT2D eigenvalue weighted by Gasteiger charge is -2.19. The van der Waals surface area contributed by atoms with Crippen molar-refractivity contribution in [1.29, 1.82) is 0 Å². The Labute approximate surface area is 139 Å². The molecule has 1 saturated heterocycles. The van der Waals surface area contributed by atoms with Crippen molar-refractivity contribution in [1.82, 2.24) is 5.32 Å². The molecular weight excluding hydrogens is 308 g/mol. The Balaban J connectivity index is 1.66. The first-order valence-corrected chi connectivity index (χ1v) is 8.13. The van der Waals surface area contributed by atoms with Crippen molar-refractivity contribution in [2.75, 3.05) is 17.7 Å². The average Bonchev–Trinajstić information content (AvgIpc) is 3.01. The van der Waals surface area contributed by atoms with Crippen LogP contribution in [0.4, 0.5) is 11.4 Å². The Kier molecular flexibility index (Phi) is 4.73. The number of benzene rings is 2. The zero-order valence-corrected chi connectivity index (χ0v) is 13.5. The first kappa shape index (κ1) is 15.3. The first-order chi connectivity index (χ1) is 11.2. The van der Waals surface area contributed by atoms with Crippen LogP contribution in [0.25, 0.3) is 0 Å². The second kappa shape index (κ2) is 7.11. The maximum Gasteiger partial charge on any atom is 0.236 e. The van der Waals surface area contributed by atoms with Gasteiger partial charge in [0.15, 0.2) is 5.17 Å². The summed E-state index contributed by atoms with van der Waals surface area (Å²) < 4.78 is 0. The molecule has 6 heteroatoms. The van der Waals surface area contributed by atoms with Gasteiger partial charge < -0.3 is 10.2 Å². The van der Waals surface area contributed by atoms with Gasteiger partial charge in [-0.15, -0.1) is 5.10 Å². The average molecular weight is 324 g/mol. The lowest BCUT2D eigenvalue weighted by Crippen LogP contribution is -2.19. The molecular formula is C17H16N4OS. The highest BCUT2D eigenvalue weighted by Crippen LogP contribution is 2.22. The van der Waals surface area contributed by atoms with Crippen LogP contribution in [-0.4, -0.2) is 30.1 Å². The molecule has 0 aromatic heterocycles. The number of nitrogens with zero attached hydrogens (tertiary/aromatic N) is 3. The maximum absolute atomic E-state index is 11.0. The quantitative estimate of drug-likeness (QED) is 0.695. The minimum Gasteiger partial charge on any atom is -0.345 e. The highest BCUT2D eigenvalue weighted by atomic mass is 32.2. The van der Waals surface area contributed by atoms with E-state index in [1.165, 1.54) is 11.8 Å². The molecule has 0 spiro atoms. The minimum atomic E-state index is -0.0303. The molecule has 1 fully saturated rings. The van der Waals surface area contributed by atoms with E-state index in [0.29, 0.717) is 10.9 Å². The summed E-state index contributed by atoms with van der Waals surface area (Å²) in [5.74, 6) is 0.381. The Morgan fingerprint density at radius 1 is 1.09 bits per heavy atom. The molecule has 0 atom stereocenters. The number of amidine groups is 1. The Bertz CT molecular complexity index is 741. The number of hydrogen-bond acceptors (Lipinski definition) is 5. The molecule has 1 heterocycles. The molecule has 1 aliphatic rings. The zero-order valence-electron chi connectivity index (χ0n) is 12.6. The summed E-state index contributed by atoms with van der Waals surface area (Å²) in [4.78, 5) is 13.2. The zero-order chi connectivity index (χ0) is 16.1. The van der Waals surface area contributed by atoms with Crippen LogP contribution >= 0.6 is 11.8 Å².